The summed E-state index contributed by atoms with van der Waals surface area (Å²) in [7, 11) is 1.86. The predicted octanol–water partition coefficient (Wildman–Crippen LogP) is 2.77. The van der Waals surface area contributed by atoms with Crippen molar-refractivity contribution in [3.63, 3.8) is 0 Å². The Labute approximate surface area is 160 Å². The zero-order valence-electron chi connectivity index (χ0n) is 16.3. The third kappa shape index (κ3) is 2.83. The van der Waals surface area contributed by atoms with Gasteiger partial charge in [0.25, 0.3) is 0 Å². The van der Waals surface area contributed by atoms with E-state index in [2.05, 4.69) is 35.5 Å². The van der Waals surface area contributed by atoms with Gasteiger partial charge in [-0.25, -0.2) is 4.79 Å². The average Bonchev–Trinajstić information content (AvgIpc) is 3.09. The minimum absolute atomic E-state index is 0.0803. The fourth-order valence-electron chi connectivity index (χ4n) is 4.94. The second-order valence-corrected chi connectivity index (χ2v) is 7.84. The number of hydrogen-bond donors (Lipinski definition) is 2. The van der Waals surface area contributed by atoms with Gasteiger partial charge >= 0.3 is 6.03 Å². The summed E-state index contributed by atoms with van der Waals surface area (Å²) < 4.78 is 1.74. The van der Waals surface area contributed by atoms with E-state index in [1.54, 1.807) is 4.68 Å². The summed E-state index contributed by atoms with van der Waals surface area (Å²) in [6.07, 6.45) is 2.79. The summed E-state index contributed by atoms with van der Waals surface area (Å²) in [6.45, 7) is 5.34. The van der Waals surface area contributed by atoms with Crippen LogP contribution in [0.5, 0.6) is 0 Å². The van der Waals surface area contributed by atoms with Crippen molar-refractivity contribution in [3.05, 3.63) is 46.6 Å². The van der Waals surface area contributed by atoms with E-state index >= 15 is 0 Å². The predicted molar refractivity (Wildman–Crippen MR) is 105 cm³/mol. The molecule has 2 heterocycles. The van der Waals surface area contributed by atoms with E-state index in [0.717, 1.165) is 42.8 Å². The normalized spacial score (nSPS) is 20.7. The van der Waals surface area contributed by atoms with Crippen molar-refractivity contribution in [2.24, 2.45) is 7.05 Å². The summed E-state index contributed by atoms with van der Waals surface area (Å²) in [6, 6.07) is 8.27. The molecular weight excluding hydrogens is 340 g/mol. The minimum atomic E-state index is -0.355. The molecular formula is C21H28N4O2. The number of hydrogen-bond acceptors (Lipinski definition) is 3. The Morgan fingerprint density at radius 1 is 1.33 bits per heavy atom. The molecule has 144 valence electrons. The van der Waals surface area contributed by atoms with Gasteiger partial charge in [0.1, 0.15) is 5.82 Å². The quantitative estimate of drug-likeness (QED) is 0.856. The van der Waals surface area contributed by atoms with E-state index in [9.17, 15) is 9.90 Å². The van der Waals surface area contributed by atoms with Crippen LogP contribution in [0.25, 0.3) is 0 Å². The molecule has 1 aromatic heterocycles. The number of amides is 2. The van der Waals surface area contributed by atoms with Gasteiger partial charge in [0.15, 0.2) is 0 Å². The third-order valence-electron chi connectivity index (χ3n) is 6.47. The van der Waals surface area contributed by atoms with E-state index in [1.807, 2.05) is 24.9 Å². The van der Waals surface area contributed by atoms with Gasteiger partial charge in [-0.15, -0.1) is 0 Å². The molecule has 1 spiro atoms. The molecule has 1 aromatic carbocycles. The lowest BCUT2D eigenvalue weighted by atomic mass is 9.72. The number of fused-ring (bicyclic) bond motifs is 2. The Morgan fingerprint density at radius 2 is 2.04 bits per heavy atom. The Balaban J connectivity index is 1.48. The maximum atomic E-state index is 12.8. The molecule has 2 aliphatic rings. The van der Waals surface area contributed by atoms with E-state index in [-0.39, 0.29) is 17.6 Å². The van der Waals surface area contributed by atoms with E-state index in [4.69, 9.17) is 0 Å². The summed E-state index contributed by atoms with van der Waals surface area (Å²) in [5.74, 6) is 0.784. The molecule has 1 aliphatic heterocycles. The number of nitrogens with zero attached hydrogens (tertiary/aromatic N) is 3. The number of anilines is 1. The van der Waals surface area contributed by atoms with Crippen LogP contribution in [0.3, 0.4) is 0 Å². The van der Waals surface area contributed by atoms with Crippen molar-refractivity contribution < 1.29 is 9.90 Å². The number of aromatic nitrogens is 2. The topological polar surface area (TPSA) is 70.4 Å². The molecule has 2 amide bonds. The standard InChI is InChI=1S/C21H28N4O2/c1-4-16-14(2)23-24(3)19(16)22-20(27)25-11-9-21(10-12-25)17-8-6-5-7-15(17)13-18(21)26/h5-8,18,26H,4,9-13H2,1-3H3,(H,22,27)/t18-/m0/s1. The third-order valence-corrected chi connectivity index (χ3v) is 6.47. The van der Waals surface area contributed by atoms with Crippen LogP contribution < -0.4 is 5.32 Å². The molecule has 1 saturated heterocycles. The highest BCUT2D eigenvalue weighted by Crippen LogP contribution is 2.46. The minimum Gasteiger partial charge on any atom is -0.392 e. The summed E-state index contributed by atoms with van der Waals surface area (Å²) in [5.41, 5.74) is 4.36. The van der Waals surface area contributed by atoms with Crippen molar-refractivity contribution in [1.29, 1.82) is 0 Å². The molecule has 4 rings (SSSR count). The van der Waals surface area contributed by atoms with Crippen LogP contribution in [-0.4, -0.2) is 45.0 Å². The number of aryl methyl sites for hydroxylation is 2. The van der Waals surface area contributed by atoms with E-state index in [0.29, 0.717) is 13.1 Å². The maximum absolute atomic E-state index is 12.8. The van der Waals surface area contributed by atoms with Gasteiger partial charge in [0.2, 0.25) is 0 Å². The Kier molecular flexibility index (Phi) is 4.46. The molecule has 6 nitrogen and oxygen atoms in total. The molecule has 2 N–H and O–H groups in total. The van der Waals surface area contributed by atoms with Gasteiger partial charge < -0.3 is 10.0 Å². The number of benzene rings is 1. The number of likely N-dealkylation sites (tertiary alicyclic amines) is 1. The van der Waals surface area contributed by atoms with Gasteiger partial charge in [0.05, 0.1) is 11.8 Å². The number of urea groups is 1. The van der Waals surface area contributed by atoms with Crippen LogP contribution in [0.15, 0.2) is 24.3 Å². The highest BCUT2D eigenvalue weighted by molar-refractivity contribution is 5.89. The highest BCUT2D eigenvalue weighted by Gasteiger charge is 2.48. The molecule has 0 saturated carbocycles. The van der Waals surface area contributed by atoms with Crippen LogP contribution >= 0.6 is 0 Å². The Morgan fingerprint density at radius 3 is 2.74 bits per heavy atom. The molecule has 1 fully saturated rings. The van der Waals surface area contributed by atoms with Crippen LogP contribution in [0.1, 0.15) is 42.1 Å². The number of rotatable bonds is 2. The number of aliphatic hydroxyl groups is 1. The largest absolute Gasteiger partial charge is 0.392 e. The molecule has 1 aliphatic carbocycles. The average molecular weight is 368 g/mol. The first-order valence-electron chi connectivity index (χ1n) is 9.81. The van der Waals surface area contributed by atoms with Gasteiger partial charge in [-0.3, -0.25) is 10.00 Å². The zero-order valence-corrected chi connectivity index (χ0v) is 16.3. The molecule has 0 radical (unpaired) electrons. The first-order valence-corrected chi connectivity index (χ1v) is 9.81. The lowest BCUT2D eigenvalue weighted by Crippen LogP contribution is -2.50. The van der Waals surface area contributed by atoms with Crippen molar-refractivity contribution >= 4 is 11.8 Å². The van der Waals surface area contributed by atoms with Crippen molar-refractivity contribution in [2.45, 2.75) is 51.0 Å². The summed E-state index contributed by atoms with van der Waals surface area (Å²) >= 11 is 0. The molecule has 0 unspecified atom stereocenters. The van der Waals surface area contributed by atoms with Gasteiger partial charge in [0, 0.05) is 31.1 Å². The van der Waals surface area contributed by atoms with Gasteiger partial charge in [-0.05, 0) is 43.7 Å². The number of carbonyl (C=O) groups excluding carboxylic acids is 1. The van der Waals surface area contributed by atoms with Crippen LogP contribution in [0.4, 0.5) is 10.6 Å². The van der Waals surface area contributed by atoms with E-state index in [1.165, 1.54) is 11.1 Å². The molecule has 6 heteroatoms. The molecule has 2 aromatic rings. The molecule has 1 atom stereocenters. The van der Waals surface area contributed by atoms with Crippen molar-refractivity contribution in [3.8, 4) is 0 Å². The molecule has 0 bridgehead atoms. The number of piperidine rings is 1. The SMILES string of the molecule is CCc1c(C)nn(C)c1NC(=O)N1CCC2(CC1)c1ccccc1C[C@@H]2O. The second kappa shape index (κ2) is 6.68. The van der Waals surface area contributed by atoms with Gasteiger partial charge in [-0.2, -0.15) is 5.10 Å². The van der Waals surface area contributed by atoms with E-state index < -0.39 is 0 Å². The highest BCUT2D eigenvalue weighted by atomic mass is 16.3. The Hall–Kier alpha value is -2.34. The fourth-order valence-corrected chi connectivity index (χ4v) is 4.94. The smallest absolute Gasteiger partial charge is 0.323 e. The van der Waals surface area contributed by atoms with Gasteiger partial charge in [-0.1, -0.05) is 31.2 Å². The van der Waals surface area contributed by atoms with Crippen molar-refractivity contribution in [2.75, 3.05) is 18.4 Å². The first kappa shape index (κ1) is 18.0. The van der Waals surface area contributed by atoms with Crippen LogP contribution in [0.2, 0.25) is 0 Å². The first-order chi connectivity index (χ1) is 13.0. The maximum Gasteiger partial charge on any atom is 0.323 e. The van der Waals surface area contributed by atoms with Crippen LogP contribution in [0, 0.1) is 6.92 Å². The number of carbonyl (C=O) groups is 1. The zero-order chi connectivity index (χ0) is 19.2. The monoisotopic (exact) mass is 368 g/mol. The summed E-state index contributed by atoms with van der Waals surface area (Å²) in [4.78, 5) is 14.7. The number of aliphatic hydroxyl groups excluding tert-OH is 1. The van der Waals surface area contributed by atoms with Crippen molar-refractivity contribution in [1.82, 2.24) is 14.7 Å². The molecule has 27 heavy (non-hydrogen) atoms. The Bertz CT molecular complexity index is 865. The lowest BCUT2D eigenvalue weighted by molar-refractivity contribution is 0.0530. The summed E-state index contributed by atoms with van der Waals surface area (Å²) in [5, 5.41) is 18.2. The van der Waals surface area contributed by atoms with Crippen LogP contribution in [-0.2, 0) is 25.3 Å². The number of nitrogens with one attached hydrogen (secondary N) is 1. The fraction of sp³-hybridized carbons (Fsp3) is 0.524. The second-order valence-electron chi connectivity index (χ2n) is 7.84. The lowest BCUT2D eigenvalue weighted by Gasteiger charge is -2.42.